The van der Waals surface area contributed by atoms with E-state index in [2.05, 4.69) is 11.9 Å². The van der Waals surface area contributed by atoms with Gasteiger partial charge in [-0.05, 0) is 12.8 Å². The fourth-order valence-corrected chi connectivity index (χ4v) is 2.95. The van der Waals surface area contributed by atoms with Gasteiger partial charge in [-0.3, -0.25) is 10.1 Å². The average molecular weight is 267 g/mol. The van der Waals surface area contributed by atoms with Gasteiger partial charge in [-0.1, -0.05) is 63.9 Å². The maximum absolute atomic E-state index is 11.7. The Morgan fingerprint density at radius 2 is 1.42 bits per heavy atom. The molecular weight excluding hydrogens is 238 g/mol. The van der Waals surface area contributed by atoms with E-state index >= 15 is 0 Å². The fourth-order valence-electron chi connectivity index (χ4n) is 2.95. The minimum atomic E-state index is -0.729. The summed E-state index contributed by atoms with van der Waals surface area (Å²) in [5.74, 6) is -0.689. The molecule has 0 unspecified atom stereocenters. The lowest BCUT2D eigenvalue weighted by Crippen LogP contribution is -2.52. The number of carboxylic acids is 1. The Bertz CT molecular complexity index is 264. The van der Waals surface area contributed by atoms with E-state index in [1.165, 1.54) is 32.1 Å². The molecule has 110 valence electrons. The third-order valence-electron chi connectivity index (χ3n) is 4.20. The molecule has 0 radical (unpaired) electrons. The zero-order valence-corrected chi connectivity index (χ0v) is 12.1. The van der Waals surface area contributed by atoms with E-state index in [4.69, 9.17) is 0 Å². The number of hydrogen-bond acceptors (Lipinski definition) is 2. The van der Waals surface area contributed by atoms with Gasteiger partial charge < -0.3 is 5.11 Å². The molecule has 1 fully saturated rings. The maximum Gasteiger partial charge on any atom is 0.323 e. The highest BCUT2D eigenvalue weighted by atomic mass is 16.4. The van der Waals surface area contributed by atoms with Crippen molar-refractivity contribution in [2.24, 2.45) is 0 Å². The zero-order valence-electron chi connectivity index (χ0n) is 12.1. The molecule has 2 N–H and O–H groups in total. The van der Waals surface area contributed by atoms with Crippen molar-refractivity contribution in [3.63, 3.8) is 0 Å². The summed E-state index contributed by atoms with van der Waals surface area (Å²) in [6, 6.07) is 0. The molecule has 0 aliphatic heterocycles. The number of carboxylic acid groups (broad SMARTS) is 1. The smallest absolute Gasteiger partial charge is 0.323 e. The SMILES string of the molecule is C=CCNC1(C(=O)O)CCCCCCCCCCC1. The molecule has 0 spiro atoms. The third kappa shape index (κ3) is 5.77. The molecule has 1 aliphatic rings. The molecule has 1 saturated carbocycles. The molecule has 0 aromatic rings. The molecule has 0 amide bonds. The van der Waals surface area contributed by atoms with Crippen molar-refractivity contribution in [1.82, 2.24) is 5.32 Å². The highest BCUT2D eigenvalue weighted by Crippen LogP contribution is 2.25. The van der Waals surface area contributed by atoms with Crippen molar-refractivity contribution >= 4 is 5.97 Å². The number of rotatable bonds is 4. The molecule has 0 aromatic carbocycles. The van der Waals surface area contributed by atoms with Gasteiger partial charge in [-0.25, -0.2) is 0 Å². The van der Waals surface area contributed by atoms with E-state index in [9.17, 15) is 9.90 Å². The molecule has 0 saturated heterocycles. The van der Waals surface area contributed by atoms with Gasteiger partial charge in [0.15, 0.2) is 0 Å². The second-order valence-corrected chi connectivity index (χ2v) is 5.74. The van der Waals surface area contributed by atoms with Crippen LogP contribution in [0.4, 0.5) is 0 Å². The Balaban J connectivity index is 2.63. The summed E-state index contributed by atoms with van der Waals surface area (Å²) in [4.78, 5) is 11.7. The van der Waals surface area contributed by atoms with E-state index in [1.807, 2.05) is 0 Å². The summed E-state index contributed by atoms with van der Waals surface area (Å²) in [7, 11) is 0. The molecule has 3 heteroatoms. The average Bonchev–Trinajstić information content (AvgIpc) is 2.38. The Hall–Kier alpha value is -0.830. The maximum atomic E-state index is 11.7. The topological polar surface area (TPSA) is 49.3 Å². The highest BCUT2D eigenvalue weighted by Gasteiger charge is 2.36. The first-order valence-corrected chi connectivity index (χ1v) is 7.80. The van der Waals surface area contributed by atoms with Crippen LogP contribution in [-0.2, 0) is 4.79 Å². The van der Waals surface area contributed by atoms with Crippen LogP contribution >= 0.6 is 0 Å². The Morgan fingerprint density at radius 1 is 1.00 bits per heavy atom. The second-order valence-electron chi connectivity index (χ2n) is 5.74. The number of aliphatic carboxylic acids is 1. The van der Waals surface area contributed by atoms with Gasteiger partial charge in [-0.2, -0.15) is 0 Å². The lowest BCUT2D eigenvalue weighted by Gasteiger charge is -2.31. The van der Waals surface area contributed by atoms with Crippen LogP contribution in [0.15, 0.2) is 12.7 Å². The van der Waals surface area contributed by atoms with Crippen LogP contribution in [-0.4, -0.2) is 23.2 Å². The van der Waals surface area contributed by atoms with E-state index in [0.717, 1.165) is 38.5 Å². The summed E-state index contributed by atoms with van der Waals surface area (Å²) in [6.45, 7) is 4.26. The van der Waals surface area contributed by atoms with Crippen molar-refractivity contribution in [2.45, 2.75) is 76.2 Å². The lowest BCUT2D eigenvalue weighted by atomic mass is 9.85. The molecule has 0 aromatic heterocycles. The van der Waals surface area contributed by atoms with Crippen molar-refractivity contribution in [1.29, 1.82) is 0 Å². The van der Waals surface area contributed by atoms with Gasteiger partial charge in [0.05, 0.1) is 0 Å². The van der Waals surface area contributed by atoms with Crippen LogP contribution in [0.1, 0.15) is 70.6 Å². The van der Waals surface area contributed by atoms with Gasteiger partial charge in [0, 0.05) is 6.54 Å². The van der Waals surface area contributed by atoms with Gasteiger partial charge in [0.2, 0.25) is 0 Å². The molecule has 19 heavy (non-hydrogen) atoms. The minimum absolute atomic E-state index is 0.576. The van der Waals surface area contributed by atoms with Crippen molar-refractivity contribution in [3.05, 3.63) is 12.7 Å². The molecule has 1 aliphatic carbocycles. The van der Waals surface area contributed by atoms with E-state index < -0.39 is 11.5 Å². The molecule has 1 rings (SSSR count). The van der Waals surface area contributed by atoms with Gasteiger partial charge in [0.1, 0.15) is 5.54 Å². The Kier molecular flexibility index (Phi) is 7.80. The van der Waals surface area contributed by atoms with Crippen LogP contribution in [0, 0.1) is 0 Å². The van der Waals surface area contributed by atoms with Crippen molar-refractivity contribution in [3.8, 4) is 0 Å². The predicted octanol–water partition coefficient (Wildman–Crippen LogP) is 3.89. The van der Waals surface area contributed by atoms with Crippen molar-refractivity contribution < 1.29 is 9.90 Å². The van der Waals surface area contributed by atoms with Gasteiger partial charge in [0.25, 0.3) is 0 Å². The van der Waals surface area contributed by atoms with Crippen LogP contribution in [0.5, 0.6) is 0 Å². The summed E-state index contributed by atoms with van der Waals surface area (Å²) < 4.78 is 0. The fraction of sp³-hybridized carbons (Fsp3) is 0.812. The molecular formula is C16H29NO2. The quantitative estimate of drug-likeness (QED) is 0.760. The highest BCUT2D eigenvalue weighted by molar-refractivity contribution is 5.78. The number of hydrogen-bond donors (Lipinski definition) is 2. The molecule has 0 bridgehead atoms. The van der Waals surface area contributed by atoms with E-state index in [0.29, 0.717) is 6.54 Å². The van der Waals surface area contributed by atoms with E-state index in [-0.39, 0.29) is 0 Å². The molecule has 3 nitrogen and oxygen atoms in total. The molecule has 0 heterocycles. The number of carbonyl (C=O) groups is 1. The Morgan fingerprint density at radius 3 is 1.79 bits per heavy atom. The first-order chi connectivity index (χ1) is 9.21. The predicted molar refractivity (Wildman–Crippen MR) is 79.4 cm³/mol. The minimum Gasteiger partial charge on any atom is -0.480 e. The van der Waals surface area contributed by atoms with E-state index in [1.54, 1.807) is 6.08 Å². The van der Waals surface area contributed by atoms with Crippen molar-refractivity contribution in [2.75, 3.05) is 6.54 Å². The normalized spacial score (nSPS) is 21.9. The second kappa shape index (κ2) is 9.13. The molecule has 0 atom stereocenters. The number of nitrogens with one attached hydrogen (secondary N) is 1. The van der Waals surface area contributed by atoms with Crippen LogP contribution in [0.2, 0.25) is 0 Å². The first-order valence-electron chi connectivity index (χ1n) is 7.80. The van der Waals surface area contributed by atoms with Crippen LogP contribution in [0.3, 0.4) is 0 Å². The third-order valence-corrected chi connectivity index (χ3v) is 4.20. The van der Waals surface area contributed by atoms with Crippen LogP contribution < -0.4 is 5.32 Å². The first kappa shape index (κ1) is 16.2. The zero-order chi connectivity index (χ0) is 14.0. The lowest BCUT2D eigenvalue weighted by molar-refractivity contribution is -0.145. The van der Waals surface area contributed by atoms with Gasteiger partial charge in [-0.15, -0.1) is 6.58 Å². The summed E-state index contributed by atoms with van der Waals surface area (Å²) in [6.07, 6.45) is 14.0. The monoisotopic (exact) mass is 267 g/mol. The summed E-state index contributed by atoms with van der Waals surface area (Å²) >= 11 is 0. The summed E-state index contributed by atoms with van der Waals surface area (Å²) in [5, 5.41) is 12.8. The largest absolute Gasteiger partial charge is 0.480 e. The van der Waals surface area contributed by atoms with Crippen LogP contribution in [0.25, 0.3) is 0 Å². The summed E-state index contributed by atoms with van der Waals surface area (Å²) in [5.41, 5.74) is -0.729. The van der Waals surface area contributed by atoms with Gasteiger partial charge >= 0.3 is 5.97 Å². The Labute approximate surface area is 117 Å². The standard InChI is InChI=1S/C16H29NO2/c1-2-14-17-16(15(18)19)12-10-8-6-4-3-5-7-9-11-13-16/h2,17H,1,3-14H2,(H,18,19).